The first-order valence-corrected chi connectivity index (χ1v) is 11.6. The van der Waals surface area contributed by atoms with Crippen molar-refractivity contribution in [1.29, 1.82) is 0 Å². The molecule has 1 aromatic heterocycles. The van der Waals surface area contributed by atoms with Crippen molar-refractivity contribution in [1.82, 2.24) is 20.2 Å². The van der Waals surface area contributed by atoms with Gasteiger partial charge in [0.25, 0.3) is 15.9 Å². The van der Waals surface area contributed by atoms with Crippen molar-refractivity contribution >= 4 is 27.3 Å². The number of halogens is 1. The Hall–Kier alpha value is -4.12. The topological polar surface area (TPSA) is 110 Å². The number of rotatable bonds is 6. The quantitative estimate of drug-likeness (QED) is 0.452. The summed E-state index contributed by atoms with van der Waals surface area (Å²) in [5, 5.41) is 13.7. The van der Waals surface area contributed by atoms with Gasteiger partial charge in [-0.15, -0.1) is 5.10 Å². The fraction of sp³-hybridized carbons (Fsp3) is 0.130. The minimum atomic E-state index is -3.93. The number of amides is 1. The predicted molar refractivity (Wildman–Crippen MR) is 125 cm³/mol. The van der Waals surface area contributed by atoms with Crippen LogP contribution in [0.1, 0.15) is 21.7 Å². The summed E-state index contributed by atoms with van der Waals surface area (Å²) in [6.07, 6.45) is 0. The molecule has 4 aromatic rings. The monoisotopic (exact) mass is 480 g/mol. The third-order valence-corrected chi connectivity index (χ3v) is 7.00. The number of benzene rings is 3. The van der Waals surface area contributed by atoms with Crippen molar-refractivity contribution in [2.24, 2.45) is 0 Å². The second kappa shape index (κ2) is 9.02. The van der Waals surface area contributed by atoms with Crippen LogP contribution in [0.2, 0.25) is 0 Å². The van der Waals surface area contributed by atoms with E-state index in [0.717, 1.165) is 9.87 Å². The molecule has 0 bridgehead atoms. The van der Waals surface area contributed by atoms with E-state index < -0.39 is 21.7 Å². The lowest BCUT2D eigenvalue weighted by Crippen LogP contribution is -2.27. The zero-order valence-electron chi connectivity index (χ0n) is 18.6. The fourth-order valence-electron chi connectivity index (χ4n) is 3.25. The summed E-state index contributed by atoms with van der Waals surface area (Å²) in [6.45, 7) is 3.59. The number of tetrazole rings is 1. The number of anilines is 2. The normalized spacial score (nSPS) is 11.3. The van der Waals surface area contributed by atoms with E-state index in [1.54, 1.807) is 19.1 Å². The van der Waals surface area contributed by atoms with Gasteiger partial charge in [0.15, 0.2) is 5.82 Å². The summed E-state index contributed by atoms with van der Waals surface area (Å²) in [7, 11) is -2.49. The number of aryl methyl sites for hydroxylation is 2. The van der Waals surface area contributed by atoms with E-state index in [4.69, 9.17) is 0 Å². The molecule has 0 aliphatic rings. The summed E-state index contributed by atoms with van der Waals surface area (Å²) >= 11 is 0. The van der Waals surface area contributed by atoms with Crippen LogP contribution in [0.3, 0.4) is 0 Å². The Morgan fingerprint density at radius 1 is 1.03 bits per heavy atom. The molecule has 4 rings (SSSR count). The van der Waals surface area contributed by atoms with Crippen LogP contribution in [-0.2, 0) is 10.0 Å². The van der Waals surface area contributed by atoms with Crippen molar-refractivity contribution in [3.8, 4) is 5.69 Å². The molecule has 11 heteroatoms. The maximum Gasteiger partial charge on any atom is 0.264 e. The molecule has 3 aromatic carbocycles. The van der Waals surface area contributed by atoms with E-state index in [9.17, 15) is 17.6 Å². The third-order valence-electron chi connectivity index (χ3n) is 5.22. The van der Waals surface area contributed by atoms with Gasteiger partial charge >= 0.3 is 0 Å². The zero-order valence-corrected chi connectivity index (χ0v) is 19.4. The van der Waals surface area contributed by atoms with Crippen LogP contribution in [0, 0.1) is 19.7 Å². The van der Waals surface area contributed by atoms with Gasteiger partial charge in [0.05, 0.1) is 22.0 Å². The third kappa shape index (κ3) is 4.50. The number of carbonyl (C=O) groups is 1. The highest BCUT2D eigenvalue weighted by Gasteiger charge is 2.23. The van der Waals surface area contributed by atoms with Crippen LogP contribution >= 0.6 is 0 Å². The molecule has 0 aliphatic heterocycles. The lowest BCUT2D eigenvalue weighted by Gasteiger charge is -2.20. The van der Waals surface area contributed by atoms with Gasteiger partial charge in [0.1, 0.15) is 5.82 Å². The number of nitrogens with one attached hydrogen (secondary N) is 1. The molecule has 1 N–H and O–H groups in total. The molecule has 0 radical (unpaired) electrons. The minimum absolute atomic E-state index is 0.0572. The van der Waals surface area contributed by atoms with Gasteiger partial charge in [-0.05, 0) is 72.8 Å². The number of aromatic nitrogens is 4. The van der Waals surface area contributed by atoms with E-state index in [1.165, 1.54) is 54.2 Å². The number of nitrogens with zero attached hydrogens (tertiary/aromatic N) is 5. The molecule has 0 aliphatic carbocycles. The fourth-order valence-corrected chi connectivity index (χ4v) is 4.50. The summed E-state index contributed by atoms with van der Waals surface area (Å²) in [5.41, 5.74) is 1.90. The minimum Gasteiger partial charge on any atom is -0.319 e. The number of hydrogen-bond acceptors (Lipinski definition) is 6. The molecule has 9 nitrogen and oxygen atoms in total. The highest BCUT2D eigenvalue weighted by molar-refractivity contribution is 7.92. The molecule has 1 heterocycles. The molecule has 0 fully saturated rings. The Kier molecular flexibility index (Phi) is 6.12. The Morgan fingerprint density at radius 3 is 2.44 bits per heavy atom. The molecule has 34 heavy (non-hydrogen) atoms. The number of hydrogen-bond donors (Lipinski definition) is 1. The average molecular weight is 481 g/mol. The van der Waals surface area contributed by atoms with Crippen molar-refractivity contribution in [3.05, 3.63) is 89.5 Å². The molecule has 0 spiro atoms. The summed E-state index contributed by atoms with van der Waals surface area (Å²) in [4.78, 5) is 12.8. The molecular formula is C23H21FN6O3S. The summed E-state index contributed by atoms with van der Waals surface area (Å²) in [6, 6.07) is 16.6. The van der Waals surface area contributed by atoms with Gasteiger partial charge in [0.2, 0.25) is 0 Å². The SMILES string of the molecule is Cc1ccc(N(C)S(=O)(=O)c2cccc(C(=O)Nc3cc(-n4nnnc4C)ccc3F)c2)cc1. The maximum atomic E-state index is 14.4. The molecule has 174 valence electrons. The highest BCUT2D eigenvalue weighted by atomic mass is 32.2. The second-order valence-corrected chi connectivity index (χ2v) is 9.56. The first kappa shape index (κ1) is 23.1. The Morgan fingerprint density at radius 2 is 1.76 bits per heavy atom. The van der Waals surface area contributed by atoms with Gasteiger partial charge in [-0.3, -0.25) is 9.10 Å². The van der Waals surface area contributed by atoms with E-state index >= 15 is 0 Å². The standard InChI is InChI=1S/C23H21FN6O3S/c1-15-7-9-18(10-8-15)29(3)34(32,33)20-6-4-5-17(13-20)23(31)25-22-14-19(11-12-21(22)24)30-16(2)26-27-28-30/h4-14H,1-3H3,(H,25,31). The van der Waals surface area contributed by atoms with Gasteiger partial charge in [-0.1, -0.05) is 23.8 Å². The van der Waals surface area contributed by atoms with Crippen LogP contribution in [0.25, 0.3) is 5.69 Å². The van der Waals surface area contributed by atoms with Crippen LogP contribution in [-0.4, -0.2) is 41.6 Å². The zero-order chi connectivity index (χ0) is 24.5. The van der Waals surface area contributed by atoms with Crippen LogP contribution in [0.15, 0.2) is 71.6 Å². The lowest BCUT2D eigenvalue weighted by molar-refractivity contribution is 0.102. The number of carbonyl (C=O) groups excluding carboxylic acids is 1. The van der Waals surface area contributed by atoms with Crippen LogP contribution in [0.5, 0.6) is 0 Å². The predicted octanol–water partition coefficient (Wildman–Crippen LogP) is 3.50. The van der Waals surface area contributed by atoms with Crippen LogP contribution in [0.4, 0.5) is 15.8 Å². The average Bonchev–Trinajstić information content (AvgIpc) is 3.26. The van der Waals surface area contributed by atoms with Gasteiger partial charge < -0.3 is 5.32 Å². The largest absolute Gasteiger partial charge is 0.319 e. The molecule has 0 unspecified atom stereocenters. The van der Waals surface area contributed by atoms with Crippen LogP contribution < -0.4 is 9.62 Å². The first-order valence-electron chi connectivity index (χ1n) is 10.2. The molecular weight excluding hydrogens is 459 g/mol. The van der Waals surface area contributed by atoms with E-state index in [0.29, 0.717) is 17.2 Å². The Balaban J connectivity index is 1.60. The van der Waals surface area contributed by atoms with E-state index in [-0.39, 0.29) is 16.1 Å². The molecule has 0 atom stereocenters. The van der Waals surface area contributed by atoms with Crippen molar-refractivity contribution in [3.63, 3.8) is 0 Å². The first-order chi connectivity index (χ1) is 16.2. The van der Waals surface area contributed by atoms with Crippen molar-refractivity contribution in [2.45, 2.75) is 18.7 Å². The Bertz CT molecular complexity index is 1470. The summed E-state index contributed by atoms with van der Waals surface area (Å²) < 4.78 is 43.2. The maximum absolute atomic E-state index is 14.4. The smallest absolute Gasteiger partial charge is 0.264 e. The van der Waals surface area contributed by atoms with Crippen molar-refractivity contribution in [2.75, 3.05) is 16.7 Å². The lowest BCUT2D eigenvalue weighted by atomic mass is 10.2. The summed E-state index contributed by atoms with van der Waals surface area (Å²) in [5.74, 6) is -0.843. The highest BCUT2D eigenvalue weighted by Crippen LogP contribution is 2.24. The Labute approximate surface area is 195 Å². The van der Waals surface area contributed by atoms with Crippen molar-refractivity contribution < 1.29 is 17.6 Å². The van der Waals surface area contributed by atoms with E-state index in [1.807, 2.05) is 19.1 Å². The van der Waals surface area contributed by atoms with Gasteiger partial charge in [0, 0.05) is 12.6 Å². The van der Waals surface area contributed by atoms with E-state index in [2.05, 4.69) is 20.8 Å². The van der Waals surface area contributed by atoms with Gasteiger partial charge in [-0.2, -0.15) is 4.68 Å². The number of sulfonamides is 1. The molecule has 0 saturated heterocycles. The molecule has 0 saturated carbocycles. The second-order valence-electron chi connectivity index (χ2n) is 7.59. The van der Waals surface area contributed by atoms with Gasteiger partial charge in [-0.25, -0.2) is 12.8 Å². The molecule has 1 amide bonds.